The molecular weight excluding hydrogens is 210 g/mol. The van der Waals surface area contributed by atoms with Crippen LogP contribution in [0, 0.1) is 0 Å². The van der Waals surface area contributed by atoms with Gasteiger partial charge in [0.15, 0.2) is 0 Å². The second-order valence-corrected chi connectivity index (χ2v) is 4.25. The number of nitrogens with two attached hydrogens (primary N) is 1. The van der Waals surface area contributed by atoms with Gasteiger partial charge in [-0.1, -0.05) is 24.1 Å². The van der Waals surface area contributed by atoms with Crippen LogP contribution in [0.1, 0.15) is 36.6 Å². The van der Waals surface area contributed by atoms with Gasteiger partial charge in [0.2, 0.25) is 0 Å². The monoisotopic (exact) mass is 225 g/mol. The number of halogens is 1. The summed E-state index contributed by atoms with van der Waals surface area (Å²) in [5.41, 5.74) is 7.49. The van der Waals surface area contributed by atoms with Gasteiger partial charge in [-0.2, -0.15) is 0 Å². The lowest BCUT2D eigenvalue weighted by Crippen LogP contribution is -2.27. The summed E-state index contributed by atoms with van der Waals surface area (Å²) in [6, 6.07) is 4.36. The molecule has 4 heteroatoms. The molecule has 0 amide bonds. The molecule has 1 aliphatic heterocycles. The standard InChI is InChI=1S/C11H16ClN3/c12-11-8(7-13)4-5-10(15-11)9-3-1-2-6-14-9/h4-5,9,14H,1-3,6-7,13H2. The van der Waals surface area contributed by atoms with Crippen molar-refractivity contribution in [2.75, 3.05) is 6.54 Å². The number of hydrogen-bond donors (Lipinski definition) is 2. The highest BCUT2D eigenvalue weighted by Gasteiger charge is 2.16. The topological polar surface area (TPSA) is 50.9 Å². The summed E-state index contributed by atoms with van der Waals surface area (Å²) in [5.74, 6) is 0. The van der Waals surface area contributed by atoms with Gasteiger partial charge in [-0.05, 0) is 25.5 Å². The first kappa shape index (κ1) is 10.9. The molecule has 1 atom stereocenters. The van der Waals surface area contributed by atoms with E-state index < -0.39 is 0 Å². The minimum Gasteiger partial charge on any atom is -0.326 e. The van der Waals surface area contributed by atoms with Gasteiger partial charge in [0.1, 0.15) is 5.15 Å². The largest absolute Gasteiger partial charge is 0.326 e. The molecular formula is C11H16ClN3. The molecule has 0 aliphatic carbocycles. The SMILES string of the molecule is NCc1ccc(C2CCCCN2)nc1Cl. The Kier molecular flexibility index (Phi) is 3.57. The van der Waals surface area contributed by atoms with E-state index in [1.165, 1.54) is 12.8 Å². The van der Waals surface area contributed by atoms with E-state index in [9.17, 15) is 0 Å². The van der Waals surface area contributed by atoms with Crippen LogP contribution in [-0.2, 0) is 6.54 Å². The Hall–Kier alpha value is -0.640. The lowest BCUT2D eigenvalue weighted by Gasteiger charge is -2.23. The predicted molar refractivity (Wildman–Crippen MR) is 61.7 cm³/mol. The van der Waals surface area contributed by atoms with Crippen LogP contribution < -0.4 is 11.1 Å². The molecule has 82 valence electrons. The summed E-state index contributed by atoms with van der Waals surface area (Å²) in [5, 5.41) is 3.99. The quantitative estimate of drug-likeness (QED) is 0.758. The molecule has 0 bridgehead atoms. The van der Waals surface area contributed by atoms with Crippen LogP contribution >= 0.6 is 11.6 Å². The fourth-order valence-corrected chi connectivity index (χ4v) is 2.17. The highest BCUT2D eigenvalue weighted by Crippen LogP contribution is 2.23. The van der Waals surface area contributed by atoms with Crippen molar-refractivity contribution in [2.45, 2.75) is 31.8 Å². The van der Waals surface area contributed by atoms with E-state index in [0.717, 1.165) is 24.2 Å². The second kappa shape index (κ2) is 4.92. The highest BCUT2D eigenvalue weighted by molar-refractivity contribution is 6.30. The fraction of sp³-hybridized carbons (Fsp3) is 0.545. The minimum absolute atomic E-state index is 0.364. The number of nitrogens with zero attached hydrogens (tertiary/aromatic N) is 1. The Morgan fingerprint density at radius 3 is 2.93 bits per heavy atom. The summed E-state index contributed by atoms with van der Waals surface area (Å²) in [6.07, 6.45) is 3.66. The van der Waals surface area contributed by atoms with Crippen molar-refractivity contribution < 1.29 is 0 Å². The third-order valence-electron chi connectivity index (χ3n) is 2.83. The van der Waals surface area contributed by atoms with Gasteiger partial charge in [0.05, 0.1) is 5.69 Å². The van der Waals surface area contributed by atoms with Gasteiger partial charge in [0, 0.05) is 18.2 Å². The minimum atomic E-state index is 0.364. The van der Waals surface area contributed by atoms with Crippen LogP contribution in [0.25, 0.3) is 0 Å². The Bertz CT molecular complexity index is 335. The van der Waals surface area contributed by atoms with Gasteiger partial charge in [-0.15, -0.1) is 0 Å². The number of rotatable bonds is 2. The zero-order valence-corrected chi connectivity index (χ0v) is 9.43. The number of piperidine rings is 1. The zero-order chi connectivity index (χ0) is 10.7. The normalized spacial score (nSPS) is 21.6. The van der Waals surface area contributed by atoms with Crippen LogP contribution in [0.3, 0.4) is 0 Å². The van der Waals surface area contributed by atoms with E-state index in [1.807, 2.05) is 12.1 Å². The van der Waals surface area contributed by atoms with Crippen LogP contribution in [0.5, 0.6) is 0 Å². The van der Waals surface area contributed by atoms with Crippen molar-refractivity contribution in [3.63, 3.8) is 0 Å². The van der Waals surface area contributed by atoms with Crippen molar-refractivity contribution in [2.24, 2.45) is 5.73 Å². The maximum atomic E-state index is 6.03. The van der Waals surface area contributed by atoms with Crippen LogP contribution in [0.15, 0.2) is 12.1 Å². The van der Waals surface area contributed by atoms with Crippen molar-refractivity contribution in [1.29, 1.82) is 0 Å². The van der Waals surface area contributed by atoms with Crippen molar-refractivity contribution in [3.8, 4) is 0 Å². The van der Waals surface area contributed by atoms with Gasteiger partial charge < -0.3 is 11.1 Å². The summed E-state index contributed by atoms with van der Waals surface area (Å²) in [4.78, 5) is 4.39. The lowest BCUT2D eigenvalue weighted by atomic mass is 10.0. The first-order chi connectivity index (χ1) is 7.31. The van der Waals surface area contributed by atoms with E-state index in [0.29, 0.717) is 17.7 Å². The molecule has 0 radical (unpaired) electrons. The van der Waals surface area contributed by atoms with E-state index >= 15 is 0 Å². The number of aromatic nitrogens is 1. The first-order valence-corrected chi connectivity index (χ1v) is 5.78. The molecule has 1 aromatic rings. The first-order valence-electron chi connectivity index (χ1n) is 5.40. The Labute approximate surface area is 95.0 Å². The van der Waals surface area contributed by atoms with E-state index in [-0.39, 0.29) is 0 Å². The molecule has 1 unspecified atom stereocenters. The lowest BCUT2D eigenvalue weighted by molar-refractivity contribution is 0.405. The van der Waals surface area contributed by atoms with Gasteiger partial charge in [-0.25, -0.2) is 4.98 Å². The molecule has 1 fully saturated rings. The molecule has 15 heavy (non-hydrogen) atoms. The van der Waals surface area contributed by atoms with Crippen molar-refractivity contribution >= 4 is 11.6 Å². The molecule has 0 spiro atoms. The summed E-state index contributed by atoms with van der Waals surface area (Å²) >= 11 is 6.03. The highest BCUT2D eigenvalue weighted by atomic mass is 35.5. The van der Waals surface area contributed by atoms with Crippen LogP contribution in [0.2, 0.25) is 5.15 Å². The summed E-state index contributed by atoms with van der Waals surface area (Å²) in [6.45, 7) is 1.52. The molecule has 2 rings (SSSR count). The number of hydrogen-bond acceptors (Lipinski definition) is 3. The summed E-state index contributed by atoms with van der Waals surface area (Å²) < 4.78 is 0. The molecule has 3 N–H and O–H groups in total. The zero-order valence-electron chi connectivity index (χ0n) is 8.67. The van der Waals surface area contributed by atoms with Crippen LogP contribution in [0.4, 0.5) is 0 Å². The third-order valence-corrected chi connectivity index (χ3v) is 3.16. The number of pyridine rings is 1. The Morgan fingerprint density at radius 1 is 1.47 bits per heavy atom. The molecule has 1 aliphatic rings. The van der Waals surface area contributed by atoms with Gasteiger partial charge in [0.25, 0.3) is 0 Å². The summed E-state index contributed by atoms with van der Waals surface area (Å²) in [7, 11) is 0. The van der Waals surface area contributed by atoms with E-state index in [1.54, 1.807) is 0 Å². The maximum absolute atomic E-state index is 6.03. The van der Waals surface area contributed by atoms with Gasteiger partial charge >= 0.3 is 0 Å². The Balaban J connectivity index is 2.17. The molecule has 1 saturated heterocycles. The van der Waals surface area contributed by atoms with Crippen molar-refractivity contribution in [3.05, 3.63) is 28.5 Å². The predicted octanol–water partition coefficient (Wildman–Crippen LogP) is 2.01. The molecule has 2 heterocycles. The van der Waals surface area contributed by atoms with Crippen molar-refractivity contribution in [1.82, 2.24) is 10.3 Å². The van der Waals surface area contributed by atoms with E-state index in [4.69, 9.17) is 17.3 Å². The Morgan fingerprint density at radius 2 is 2.33 bits per heavy atom. The maximum Gasteiger partial charge on any atom is 0.133 e. The average molecular weight is 226 g/mol. The average Bonchev–Trinajstić information content (AvgIpc) is 2.30. The smallest absolute Gasteiger partial charge is 0.133 e. The third kappa shape index (κ3) is 2.48. The number of nitrogens with one attached hydrogen (secondary N) is 1. The van der Waals surface area contributed by atoms with Gasteiger partial charge in [-0.3, -0.25) is 0 Å². The molecule has 0 aromatic carbocycles. The van der Waals surface area contributed by atoms with Crippen LogP contribution in [-0.4, -0.2) is 11.5 Å². The molecule has 0 saturated carbocycles. The van der Waals surface area contributed by atoms with E-state index in [2.05, 4.69) is 10.3 Å². The molecule has 3 nitrogen and oxygen atoms in total. The molecule has 1 aromatic heterocycles. The second-order valence-electron chi connectivity index (χ2n) is 3.89. The fourth-order valence-electron chi connectivity index (χ4n) is 1.93.